The van der Waals surface area contributed by atoms with Gasteiger partial charge in [0, 0.05) is 31.3 Å². The van der Waals surface area contributed by atoms with Crippen molar-refractivity contribution in [2.24, 2.45) is 0 Å². The third kappa shape index (κ3) is 5.43. The molecule has 2 aromatic rings. The van der Waals surface area contributed by atoms with Crippen LogP contribution in [-0.4, -0.2) is 18.4 Å². The molecule has 2 aromatic carbocycles. The second kappa shape index (κ2) is 9.36. The normalized spacial score (nSPS) is 10.9. The summed E-state index contributed by atoms with van der Waals surface area (Å²) in [5, 5.41) is 3.11. The van der Waals surface area contributed by atoms with Gasteiger partial charge < -0.3 is 10.2 Å². The fraction of sp³-hybridized carbons (Fsp3) is 0.391. The van der Waals surface area contributed by atoms with Crippen molar-refractivity contribution in [2.75, 3.05) is 16.8 Å². The first kappa shape index (κ1) is 20.7. The van der Waals surface area contributed by atoms with Crippen LogP contribution in [0.3, 0.4) is 0 Å². The number of hydrogen-bond acceptors (Lipinski definition) is 2. The van der Waals surface area contributed by atoms with E-state index in [1.165, 1.54) is 6.92 Å². The van der Waals surface area contributed by atoms with E-state index >= 15 is 0 Å². The summed E-state index contributed by atoms with van der Waals surface area (Å²) in [6, 6.07) is 15.6. The standard InChI is InChI=1S/C23H30N2O2/c1-16(2)20-12-9-13-21(17(3)4)23(20)24-22(27)14-15-25(18(5)26)19-10-7-6-8-11-19/h6-13,16-17H,14-15H2,1-5H3,(H,24,27). The molecule has 0 fully saturated rings. The molecule has 0 bridgehead atoms. The van der Waals surface area contributed by atoms with Gasteiger partial charge >= 0.3 is 0 Å². The minimum Gasteiger partial charge on any atom is -0.326 e. The topological polar surface area (TPSA) is 49.4 Å². The molecule has 4 heteroatoms. The largest absolute Gasteiger partial charge is 0.326 e. The summed E-state index contributed by atoms with van der Waals surface area (Å²) in [6.45, 7) is 10.4. The average Bonchev–Trinajstić information content (AvgIpc) is 2.62. The summed E-state index contributed by atoms with van der Waals surface area (Å²) in [6.07, 6.45) is 0.248. The molecule has 0 atom stereocenters. The second-order valence-electron chi connectivity index (χ2n) is 7.43. The van der Waals surface area contributed by atoms with Crippen LogP contribution in [0.1, 0.15) is 64.0 Å². The Bertz CT molecular complexity index is 756. The summed E-state index contributed by atoms with van der Waals surface area (Å²) in [4.78, 5) is 26.3. The summed E-state index contributed by atoms with van der Waals surface area (Å²) in [5.74, 6) is 0.487. The molecular formula is C23H30N2O2. The quantitative estimate of drug-likeness (QED) is 0.721. The molecule has 0 aliphatic carbocycles. The molecule has 0 aromatic heterocycles. The predicted octanol–water partition coefficient (Wildman–Crippen LogP) is 5.32. The zero-order valence-corrected chi connectivity index (χ0v) is 17.0. The van der Waals surface area contributed by atoms with Crippen molar-refractivity contribution in [3.8, 4) is 0 Å². The second-order valence-corrected chi connectivity index (χ2v) is 7.43. The number of hydrogen-bond donors (Lipinski definition) is 1. The molecule has 1 N–H and O–H groups in total. The average molecular weight is 367 g/mol. The van der Waals surface area contributed by atoms with E-state index in [1.54, 1.807) is 4.90 Å². The number of nitrogens with one attached hydrogen (secondary N) is 1. The van der Waals surface area contributed by atoms with Gasteiger partial charge in [0.15, 0.2) is 0 Å². The van der Waals surface area contributed by atoms with Crippen molar-refractivity contribution in [1.29, 1.82) is 0 Å². The molecule has 0 aliphatic heterocycles. The van der Waals surface area contributed by atoms with Gasteiger partial charge in [-0.15, -0.1) is 0 Å². The van der Waals surface area contributed by atoms with Crippen molar-refractivity contribution < 1.29 is 9.59 Å². The molecular weight excluding hydrogens is 336 g/mol. The Labute approximate surface area is 162 Å². The maximum atomic E-state index is 12.7. The van der Waals surface area contributed by atoms with Gasteiger partial charge in [-0.25, -0.2) is 0 Å². The van der Waals surface area contributed by atoms with Gasteiger partial charge in [0.05, 0.1) is 0 Å². The number of rotatable bonds is 7. The van der Waals surface area contributed by atoms with Crippen LogP contribution in [0.2, 0.25) is 0 Å². The third-order valence-electron chi connectivity index (χ3n) is 4.65. The maximum Gasteiger partial charge on any atom is 0.226 e. The molecule has 0 heterocycles. The molecule has 2 rings (SSSR count). The Morgan fingerprint density at radius 3 is 1.93 bits per heavy atom. The third-order valence-corrected chi connectivity index (χ3v) is 4.65. The predicted molar refractivity (Wildman–Crippen MR) is 112 cm³/mol. The van der Waals surface area contributed by atoms with E-state index in [9.17, 15) is 9.59 Å². The van der Waals surface area contributed by atoms with Crippen LogP contribution in [0.4, 0.5) is 11.4 Å². The lowest BCUT2D eigenvalue weighted by molar-refractivity contribution is -0.117. The zero-order chi connectivity index (χ0) is 20.0. The lowest BCUT2D eigenvalue weighted by Crippen LogP contribution is -2.32. The Kier molecular flexibility index (Phi) is 7.17. The van der Waals surface area contributed by atoms with E-state index in [4.69, 9.17) is 0 Å². The lowest BCUT2D eigenvalue weighted by atomic mass is 9.92. The number of para-hydroxylation sites is 2. The zero-order valence-electron chi connectivity index (χ0n) is 17.0. The van der Waals surface area contributed by atoms with E-state index < -0.39 is 0 Å². The summed E-state index contributed by atoms with van der Waals surface area (Å²) in [5.41, 5.74) is 4.01. The number of carbonyl (C=O) groups excluding carboxylic acids is 2. The van der Waals surface area contributed by atoms with Crippen molar-refractivity contribution in [3.63, 3.8) is 0 Å². The molecule has 0 saturated carbocycles. The summed E-state index contributed by atoms with van der Waals surface area (Å²) >= 11 is 0. The van der Waals surface area contributed by atoms with E-state index in [2.05, 4.69) is 45.1 Å². The van der Waals surface area contributed by atoms with Crippen molar-refractivity contribution in [3.05, 3.63) is 59.7 Å². The van der Waals surface area contributed by atoms with Gasteiger partial charge in [-0.1, -0.05) is 64.1 Å². The highest BCUT2D eigenvalue weighted by molar-refractivity contribution is 5.95. The molecule has 27 heavy (non-hydrogen) atoms. The van der Waals surface area contributed by atoms with Gasteiger partial charge in [-0.2, -0.15) is 0 Å². The SMILES string of the molecule is CC(=O)N(CCC(=O)Nc1c(C(C)C)cccc1C(C)C)c1ccccc1. The molecule has 0 radical (unpaired) electrons. The van der Waals surface area contributed by atoms with Crippen molar-refractivity contribution in [1.82, 2.24) is 0 Å². The molecule has 0 unspecified atom stereocenters. The van der Waals surface area contributed by atoms with E-state index in [0.717, 1.165) is 22.5 Å². The van der Waals surface area contributed by atoms with E-state index in [-0.39, 0.29) is 18.2 Å². The van der Waals surface area contributed by atoms with Crippen LogP contribution in [0, 0.1) is 0 Å². The first-order chi connectivity index (χ1) is 12.8. The van der Waals surface area contributed by atoms with Gasteiger partial charge in [-0.3, -0.25) is 9.59 Å². The highest BCUT2D eigenvalue weighted by Crippen LogP contribution is 2.32. The molecule has 144 valence electrons. The highest BCUT2D eigenvalue weighted by atomic mass is 16.2. The summed E-state index contributed by atoms with van der Waals surface area (Å²) < 4.78 is 0. The van der Waals surface area contributed by atoms with Crippen LogP contribution < -0.4 is 10.2 Å². The number of anilines is 2. The van der Waals surface area contributed by atoms with Crippen LogP contribution >= 0.6 is 0 Å². The van der Waals surface area contributed by atoms with Crippen molar-refractivity contribution >= 4 is 23.2 Å². The molecule has 0 saturated heterocycles. The number of carbonyl (C=O) groups is 2. The summed E-state index contributed by atoms with van der Waals surface area (Å²) in [7, 11) is 0. The van der Waals surface area contributed by atoms with E-state index in [0.29, 0.717) is 18.4 Å². The van der Waals surface area contributed by atoms with Crippen LogP contribution in [0.25, 0.3) is 0 Å². The van der Waals surface area contributed by atoms with Crippen molar-refractivity contribution in [2.45, 2.75) is 52.9 Å². The van der Waals surface area contributed by atoms with Gasteiger partial charge in [-0.05, 0) is 35.1 Å². The van der Waals surface area contributed by atoms with Crippen LogP contribution in [-0.2, 0) is 9.59 Å². The number of benzene rings is 2. The molecule has 4 nitrogen and oxygen atoms in total. The lowest BCUT2D eigenvalue weighted by Gasteiger charge is -2.22. The van der Waals surface area contributed by atoms with Crippen LogP contribution in [0.15, 0.2) is 48.5 Å². The smallest absolute Gasteiger partial charge is 0.226 e. The Hall–Kier alpha value is -2.62. The van der Waals surface area contributed by atoms with Gasteiger partial charge in [0.25, 0.3) is 0 Å². The van der Waals surface area contributed by atoms with E-state index in [1.807, 2.05) is 36.4 Å². The molecule has 0 aliphatic rings. The first-order valence-corrected chi connectivity index (χ1v) is 9.57. The van der Waals surface area contributed by atoms with Gasteiger partial charge in [0.2, 0.25) is 11.8 Å². The number of nitrogens with zero attached hydrogens (tertiary/aromatic N) is 1. The minimum atomic E-state index is -0.0767. The van der Waals surface area contributed by atoms with Crippen LogP contribution in [0.5, 0.6) is 0 Å². The fourth-order valence-corrected chi connectivity index (χ4v) is 3.19. The highest BCUT2D eigenvalue weighted by Gasteiger charge is 2.17. The van der Waals surface area contributed by atoms with Gasteiger partial charge in [0.1, 0.15) is 0 Å². The number of amides is 2. The molecule has 2 amide bonds. The minimum absolute atomic E-state index is 0.0700. The Morgan fingerprint density at radius 1 is 0.889 bits per heavy atom. The Balaban J connectivity index is 2.15. The monoisotopic (exact) mass is 366 g/mol. The maximum absolute atomic E-state index is 12.7. The Morgan fingerprint density at radius 2 is 1.44 bits per heavy atom. The first-order valence-electron chi connectivity index (χ1n) is 9.57. The fourth-order valence-electron chi connectivity index (χ4n) is 3.19. The molecule has 0 spiro atoms.